The molecule has 0 bridgehead atoms. The third kappa shape index (κ3) is 3.86. The van der Waals surface area contributed by atoms with Crippen molar-refractivity contribution in [2.75, 3.05) is 13.6 Å². The Kier molecular flexibility index (Phi) is 6.88. The van der Waals surface area contributed by atoms with E-state index in [1.165, 1.54) is 83.6 Å². The molecule has 0 aromatic carbocycles. The van der Waals surface area contributed by atoms with Crippen LogP contribution in [0, 0.1) is 28.6 Å². The molecule has 3 aliphatic carbocycles. The third-order valence-corrected chi connectivity index (χ3v) is 10.5. The number of hydrogen-bond donors (Lipinski definition) is 1. The normalized spacial score (nSPS) is 43.3. The van der Waals surface area contributed by atoms with Crippen LogP contribution in [0.2, 0.25) is 0 Å². The molecule has 1 N–H and O–H groups in total. The summed E-state index contributed by atoms with van der Waals surface area (Å²) in [4.78, 5) is 14.5. The topological polar surface area (TPSA) is 32.3 Å². The number of hydrogen-bond acceptors (Lipinski definition) is 2. The summed E-state index contributed by atoms with van der Waals surface area (Å²) in [7, 11) is 2.08. The van der Waals surface area contributed by atoms with Crippen molar-refractivity contribution in [2.45, 2.75) is 123 Å². The molecule has 0 radical (unpaired) electrons. The second-order valence-electron chi connectivity index (χ2n) is 11.9. The van der Waals surface area contributed by atoms with E-state index in [1.54, 1.807) is 0 Å². The first-order chi connectivity index (χ1) is 14.4. The van der Waals surface area contributed by atoms with Crippen molar-refractivity contribution in [1.82, 2.24) is 10.2 Å². The molecule has 0 spiro atoms. The quantitative estimate of drug-likeness (QED) is 0.480. The van der Waals surface area contributed by atoms with Gasteiger partial charge < -0.3 is 10.2 Å². The number of nitrogens with zero attached hydrogens (tertiary/aromatic N) is 1. The fourth-order valence-electron chi connectivity index (χ4n) is 8.67. The van der Waals surface area contributed by atoms with Crippen LogP contribution in [0.1, 0.15) is 111 Å². The van der Waals surface area contributed by atoms with E-state index in [9.17, 15) is 4.79 Å². The van der Waals surface area contributed by atoms with E-state index in [4.69, 9.17) is 0 Å². The van der Waals surface area contributed by atoms with E-state index in [0.29, 0.717) is 22.8 Å². The number of amides is 1. The molecule has 1 amide bonds. The lowest BCUT2D eigenvalue weighted by Crippen LogP contribution is -2.61. The van der Waals surface area contributed by atoms with Crippen molar-refractivity contribution in [3.05, 3.63) is 0 Å². The molecule has 0 aromatic heterocycles. The first kappa shape index (κ1) is 22.6. The second kappa shape index (κ2) is 9.12. The highest BCUT2D eigenvalue weighted by atomic mass is 16.2. The summed E-state index contributed by atoms with van der Waals surface area (Å²) >= 11 is 0. The number of carbonyl (C=O) groups is 1. The average Bonchev–Trinajstić information content (AvgIpc) is 3.07. The smallest absolute Gasteiger partial charge is 0.222 e. The second-order valence-corrected chi connectivity index (χ2v) is 11.9. The largest absolute Gasteiger partial charge is 0.342 e. The van der Waals surface area contributed by atoms with E-state index < -0.39 is 0 Å². The Morgan fingerprint density at radius 2 is 1.63 bits per heavy atom. The summed E-state index contributed by atoms with van der Waals surface area (Å²) in [6.45, 7) is 8.69. The molecule has 4 aliphatic rings. The molecule has 3 saturated carbocycles. The summed E-state index contributed by atoms with van der Waals surface area (Å²) in [5.41, 5.74) is 0.861. The van der Waals surface area contributed by atoms with E-state index in [-0.39, 0.29) is 0 Å². The lowest BCUT2D eigenvalue weighted by Gasteiger charge is -2.61. The van der Waals surface area contributed by atoms with E-state index >= 15 is 0 Å². The maximum Gasteiger partial charge on any atom is 0.222 e. The fraction of sp³-hybridized carbons (Fsp3) is 0.963. The maximum atomic E-state index is 12.3. The molecule has 1 heterocycles. The molecule has 1 saturated heterocycles. The van der Waals surface area contributed by atoms with Gasteiger partial charge in [0.05, 0.1) is 0 Å². The number of likely N-dealkylation sites (tertiary alicyclic amines) is 1. The lowest BCUT2D eigenvalue weighted by atomic mass is 9.47. The Morgan fingerprint density at radius 1 is 0.900 bits per heavy atom. The maximum absolute atomic E-state index is 12.3. The molecule has 30 heavy (non-hydrogen) atoms. The monoisotopic (exact) mass is 416 g/mol. The average molecular weight is 417 g/mol. The van der Waals surface area contributed by atoms with Crippen molar-refractivity contribution in [3.8, 4) is 0 Å². The van der Waals surface area contributed by atoms with E-state index in [2.05, 4.69) is 38.0 Å². The zero-order valence-corrected chi connectivity index (χ0v) is 20.3. The van der Waals surface area contributed by atoms with Gasteiger partial charge in [0.1, 0.15) is 0 Å². The van der Waals surface area contributed by atoms with Gasteiger partial charge in [-0.05, 0) is 86.5 Å². The van der Waals surface area contributed by atoms with Gasteiger partial charge >= 0.3 is 0 Å². The molecular weight excluding hydrogens is 368 g/mol. The molecule has 0 unspecified atom stereocenters. The van der Waals surface area contributed by atoms with E-state index in [0.717, 1.165) is 36.6 Å². The molecule has 4 rings (SSSR count). The van der Waals surface area contributed by atoms with Crippen molar-refractivity contribution in [3.63, 3.8) is 0 Å². The third-order valence-electron chi connectivity index (χ3n) is 10.5. The van der Waals surface area contributed by atoms with Crippen LogP contribution >= 0.6 is 0 Å². The number of nitrogens with one attached hydrogen (secondary N) is 1. The van der Waals surface area contributed by atoms with Crippen molar-refractivity contribution >= 4 is 5.91 Å². The summed E-state index contributed by atoms with van der Waals surface area (Å²) < 4.78 is 0. The Balaban J connectivity index is 1.35. The van der Waals surface area contributed by atoms with Gasteiger partial charge in [-0.2, -0.15) is 0 Å². The summed E-state index contributed by atoms with van der Waals surface area (Å²) in [6.07, 6.45) is 18.4. The first-order valence-corrected chi connectivity index (χ1v) is 13.4. The van der Waals surface area contributed by atoms with Crippen LogP contribution < -0.4 is 5.32 Å². The molecule has 3 heteroatoms. The highest BCUT2D eigenvalue weighted by Crippen LogP contribution is 2.64. The van der Waals surface area contributed by atoms with Crippen molar-refractivity contribution in [2.24, 2.45) is 28.6 Å². The Bertz CT molecular complexity index is 606. The van der Waals surface area contributed by atoms with Gasteiger partial charge in [0, 0.05) is 25.6 Å². The SMILES string of the molecule is CCCCCCCCN[C@H]1CC[C@H]2[C@@H]3CC[C@H]4N(C)C(=O)CC[C@]4(C)[C@H]3CC[C@]12C. The Hall–Kier alpha value is -0.570. The van der Waals surface area contributed by atoms with Gasteiger partial charge in [0.15, 0.2) is 0 Å². The number of piperidine rings is 1. The number of fused-ring (bicyclic) bond motifs is 5. The van der Waals surface area contributed by atoms with Crippen molar-refractivity contribution < 1.29 is 4.79 Å². The fourth-order valence-corrected chi connectivity index (χ4v) is 8.67. The van der Waals surface area contributed by atoms with Crippen molar-refractivity contribution in [1.29, 1.82) is 0 Å². The van der Waals surface area contributed by atoms with Crippen LogP contribution in [-0.4, -0.2) is 36.5 Å². The van der Waals surface area contributed by atoms with Crippen LogP contribution in [0.25, 0.3) is 0 Å². The number of rotatable bonds is 8. The zero-order chi connectivity index (χ0) is 21.4. The predicted molar refractivity (Wildman–Crippen MR) is 125 cm³/mol. The summed E-state index contributed by atoms with van der Waals surface area (Å²) in [5.74, 6) is 3.02. The number of carbonyl (C=O) groups excluding carboxylic acids is 1. The zero-order valence-electron chi connectivity index (χ0n) is 20.3. The van der Waals surface area contributed by atoms with Crippen LogP contribution in [0.15, 0.2) is 0 Å². The van der Waals surface area contributed by atoms with Gasteiger partial charge in [-0.15, -0.1) is 0 Å². The molecule has 7 atom stereocenters. The predicted octanol–water partition coefficient (Wildman–Crippen LogP) is 6.17. The Morgan fingerprint density at radius 3 is 2.43 bits per heavy atom. The minimum atomic E-state index is 0.358. The standard InChI is InChI=1S/C27H48N2O/c1-5-6-7-8-9-10-19-28-23-13-12-21-20-11-14-24-27(3,18-16-25(30)29(24)4)22(20)15-17-26(21,23)2/h20-24,28H,5-19H2,1-4H3/t20-,21-,22-,23-,24+,26-,27+/m0/s1. The van der Waals surface area contributed by atoms with Gasteiger partial charge in [0.25, 0.3) is 0 Å². The molecular formula is C27H48N2O. The molecule has 1 aliphatic heterocycles. The van der Waals surface area contributed by atoms with Gasteiger partial charge in [-0.25, -0.2) is 0 Å². The molecule has 4 fully saturated rings. The van der Waals surface area contributed by atoms with Crippen LogP contribution in [-0.2, 0) is 4.79 Å². The van der Waals surface area contributed by atoms with Gasteiger partial charge in [-0.1, -0.05) is 52.9 Å². The minimum Gasteiger partial charge on any atom is -0.342 e. The highest BCUT2D eigenvalue weighted by molar-refractivity contribution is 5.77. The first-order valence-electron chi connectivity index (χ1n) is 13.4. The molecule has 3 nitrogen and oxygen atoms in total. The highest BCUT2D eigenvalue weighted by Gasteiger charge is 2.60. The lowest BCUT2D eigenvalue weighted by molar-refractivity contribution is -0.157. The van der Waals surface area contributed by atoms with Gasteiger partial charge in [0.2, 0.25) is 5.91 Å². The van der Waals surface area contributed by atoms with Crippen LogP contribution in [0.4, 0.5) is 0 Å². The van der Waals surface area contributed by atoms with Crippen LogP contribution in [0.3, 0.4) is 0 Å². The number of unbranched alkanes of at least 4 members (excludes halogenated alkanes) is 5. The van der Waals surface area contributed by atoms with E-state index in [1.807, 2.05) is 0 Å². The minimum absolute atomic E-state index is 0.358. The molecule has 172 valence electrons. The molecule has 0 aromatic rings. The summed E-state index contributed by atoms with van der Waals surface area (Å²) in [5, 5.41) is 4.03. The van der Waals surface area contributed by atoms with Gasteiger partial charge in [-0.3, -0.25) is 4.79 Å². The van der Waals surface area contributed by atoms with Crippen LogP contribution in [0.5, 0.6) is 0 Å². The summed E-state index contributed by atoms with van der Waals surface area (Å²) in [6, 6.07) is 1.23. The Labute approximate surface area is 186 Å².